The Balaban J connectivity index is 1.85. The van der Waals surface area contributed by atoms with Gasteiger partial charge in [-0.3, -0.25) is 0 Å². The van der Waals surface area contributed by atoms with E-state index in [4.69, 9.17) is 14.2 Å². The number of carbonyl (C=O) groups excluding carboxylic acids is 2. The summed E-state index contributed by atoms with van der Waals surface area (Å²) in [6.07, 6.45) is 2.03. The molecule has 2 bridgehead atoms. The second-order valence-corrected chi connectivity index (χ2v) is 5.99. The number of nitrogens with zero attached hydrogens (tertiary/aromatic N) is 2. The van der Waals surface area contributed by atoms with E-state index in [1.807, 2.05) is 12.2 Å². The molecule has 0 radical (unpaired) electrons. The number of amides is 2. The van der Waals surface area contributed by atoms with E-state index < -0.39 is 12.2 Å². The van der Waals surface area contributed by atoms with Crippen LogP contribution < -0.4 is 0 Å². The molecule has 2 fully saturated rings. The Morgan fingerprint density at radius 2 is 1.29 bits per heavy atom. The molecule has 0 N–H and O–H groups in total. The van der Waals surface area contributed by atoms with Crippen LogP contribution in [0.1, 0.15) is 27.7 Å². The van der Waals surface area contributed by atoms with E-state index in [0.29, 0.717) is 0 Å². The lowest BCUT2D eigenvalue weighted by Crippen LogP contribution is -2.66. The number of hydrazine groups is 1. The second kappa shape index (κ2) is 4.91. The van der Waals surface area contributed by atoms with E-state index in [9.17, 15) is 9.59 Å². The number of carbonyl (C=O) groups is 2. The largest absolute Gasteiger partial charge is 0.445 e. The Kier molecular flexibility index (Phi) is 3.32. The first-order chi connectivity index (χ1) is 9.90. The number of rotatable bonds is 2. The summed E-state index contributed by atoms with van der Waals surface area (Å²) in [6.45, 7) is 7.07. The SMILES string of the molecule is CC(C)OC(=O)N1C2C=CC(C3OC32)N1C(=O)OC(C)C. The minimum atomic E-state index is -0.556. The van der Waals surface area contributed by atoms with Crippen molar-refractivity contribution in [3.63, 3.8) is 0 Å². The Bertz CT molecular complexity index is 448. The molecule has 3 heterocycles. The summed E-state index contributed by atoms with van der Waals surface area (Å²) in [5.74, 6) is 0. The highest BCUT2D eigenvalue weighted by Gasteiger charge is 2.63. The molecule has 2 saturated heterocycles. The van der Waals surface area contributed by atoms with Gasteiger partial charge in [-0.2, -0.15) is 0 Å². The number of hydrogen-bond acceptors (Lipinski definition) is 5. The predicted molar refractivity (Wildman–Crippen MR) is 72.3 cm³/mol. The van der Waals surface area contributed by atoms with Crippen molar-refractivity contribution in [1.29, 1.82) is 0 Å². The minimum absolute atomic E-state index is 0.0530. The summed E-state index contributed by atoms with van der Waals surface area (Å²) >= 11 is 0. The zero-order valence-electron chi connectivity index (χ0n) is 12.6. The molecule has 21 heavy (non-hydrogen) atoms. The average molecular weight is 296 g/mol. The molecule has 0 spiro atoms. The molecule has 3 aliphatic heterocycles. The Morgan fingerprint density at radius 3 is 1.62 bits per heavy atom. The van der Waals surface area contributed by atoms with Crippen molar-refractivity contribution in [3.05, 3.63) is 12.2 Å². The first kappa shape index (κ1) is 14.2. The fourth-order valence-electron chi connectivity index (χ4n) is 2.79. The van der Waals surface area contributed by atoms with Gasteiger partial charge in [0.1, 0.15) is 24.3 Å². The fraction of sp³-hybridized carbons (Fsp3) is 0.714. The quantitative estimate of drug-likeness (QED) is 0.572. The van der Waals surface area contributed by atoms with E-state index in [1.54, 1.807) is 27.7 Å². The van der Waals surface area contributed by atoms with Crippen LogP contribution in [-0.2, 0) is 14.2 Å². The van der Waals surface area contributed by atoms with Crippen molar-refractivity contribution in [2.75, 3.05) is 0 Å². The lowest BCUT2D eigenvalue weighted by Gasteiger charge is -2.46. The topological polar surface area (TPSA) is 71.6 Å². The molecule has 116 valence electrons. The third-order valence-electron chi connectivity index (χ3n) is 3.58. The molecule has 0 saturated carbocycles. The van der Waals surface area contributed by atoms with Gasteiger partial charge >= 0.3 is 12.2 Å². The third-order valence-corrected chi connectivity index (χ3v) is 3.58. The number of hydrogen-bond donors (Lipinski definition) is 0. The van der Waals surface area contributed by atoms with Gasteiger partial charge in [0.2, 0.25) is 0 Å². The van der Waals surface area contributed by atoms with Crippen molar-refractivity contribution in [1.82, 2.24) is 10.0 Å². The van der Waals surface area contributed by atoms with Crippen molar-refractivity contribution in [2.24, 2.45) is 0 Å². The van der Waals surface area contributed by atoms with E-state index in [0.717, 1.165) is 0 Å². The average Bonchev–Trinajstić information content (AvgIpc) is 3.17. The smallest absolute Gasteiger partial charge is 0.429 e. The summed E-state index contributed by atoms with van der Waals surface area (Å²) in [7, 11) is 0. The second-order valence-electron chi connectivity index (χ2n) is 5.99. The molecule has 4 aliphatic rings. The molecule has 4 atom stereocenters. The van der Waals surface area contributed by atoms with Crippen molar-refractivity contribution < 1.29 is 23.8 Å². The Morgan fingerprint density at radius 1 is 0.905 bits per heavy atom. The number of ether oxygens (including phenoxy) is 3. The highest BCUT2D eigenvalue weighted by molar-refractivity contribution is 5.77. The van der Waals surface area contributed by atoms with Gasteiger partial charge in [-0.15, -0.1) is 0 Å². The van der Waals surface area contributed by atoms with Gasteiger partial charge in [-0.05, 0) is 27.7 Å². The van der Waals surface area contributed by atoms with Gasteiger partial charge in [0.15, 0.2) is 0 Å². The number of epoxide rings is 1. The maximum atomic E-state index is 12.3. The van der Waals surface area contributed by atoms with Gasteiger partial charge in [-0.1, -0.05) is 12.2 Å². The lowest BCUT2D eigenvalue weighted by atomic mass is 9.94. The summed E-state index contributed by atoms with van der Waals surface area (Å²) in [6, 6.07) is -0.628. The van der Waals surface area contributed by atoms with Gasteiger partial charge in [-0.25, -0.2) is 19.6 Å². The highest BCUT2D eigenvalue weighted by atomic mass is 16.6. The molecule has 1 aliphatic carbocycles. The van der Waals surface area contributed by atoms with Crippen LogP contribution in [0.4, 0.5) is 9.59 Å². The van der Waals surface area contributed by atoms with Crippen LogP contribution in [-0.4, -0.2) is 58.7 Å². The van der Waals surface area contributed by atoms with Crippen LogP contribution in [0.3, 0.4) is 0 Å². The fourth-order valence-corrected chi connectivity index (χ4v) is 2.79. The normalized spacial score (nSPS) is 32.5. The van der Waals surface area contributed by atoms with E-state index >= 15 is 0 Å². The van der Waals surface area contributed by atoms with Crippen LogP contribution in [0.15, 0.2) is 12.2 Å². The predicted octanol–water partition coefficient (Wildman–Crippen LogP) is 1.68. The van der Waals surface area contributed by atoms with Gasteiger partial charge in [0.05, 0.1) is 12.2 Å². The zero-order valence-corrected chi connectivity index (χ0v) is 12.6. The number of fused-ring (bicyclic) bond motifs is 1. The van der Waals surface area contributed by atoms with E-state index in [-0.39, 0.29) is 36.5 Å². The summed E-state index contributed by atoms with van der Waals surface area (Å²) < 4.78 is 16.1. The van der Waals surface area contributed by atoms with E-state index in [2.05, 4.69) is 0 Å². The van der Waals surface area contributed by atoms with Crippen molar-refractivity contribution >= 4 is 12.2 Å². The standard InChI is InChI=1S/C14H20N2O5/c1-7(2)19-13(17)15-9-5-6-10(12-11(9)21-12)16(15)14(18)20-8(3)4/h5-12H,1-4H3. The summed E-state index contributed by atoms with van der Waals surface area (Å²) in [4.78, 5) is 24.7. The van der Waals surface area contributed by atoms with Crippen LogP contribution in [0, 0.1) is 0 Å². The third kappa shape index (κ3) is 2.35. The molecule has 4 unspecified atom stereocenters. The molecular formula is C14H20N2O5. The Hall–Kier alpha value is -1.76. The monoisotopic (exact) mass is 296 g/mol. The molecule has 7 nitrogen and oxygen atoms in total. The summed E-state index contributed by atoms with van der Waals surface area (Å²) in [5.41, 5.74) is 0. The molecule has 7 heteroatoms. The van der Waals surface area contributed by atoms with Crippen LogP contribution in [0.2, 0.25) is 0 Å². The van der Waals surface area contributed by atoms with Crippen LogP contribution in [0.5, 0.6) is 0 Å². The lowest BCUT2D eigenvalue weighted by molar-refractivity contribution is -0.0781. The van der Waals surface area contributed by atoms with Crippen LogP contribution in [0.25, 0.3) is 0 Å². The summed E-state index contributed by atoms with van der Waals surface area (Å²) in [5, 5.41) is 2.65. The maximum Gasteiger partial charge on any atom is 0.429 e. The first-order valence-electron chi connectivity index (χ1n) is 7.23. The highest BCUT2D eigenvalue weighted by Crippen LogP contribution is 2.44. The van der Waals surface area contributed by atoms with Gasteiger partial charge in [0.25, 0.3) is 0 Å². The zero-order chi connectivity index (χ0) is 15.3. The molecule has 2 amide bonds. The molecular weight excluding hydrogens is 276 g/mol. The first-order valence-corrected chi connectivity index (χ1v) is 7.23. The molecule has 0 aromatic rings. The van der Waals surface area contributed by atoms with Gasteiger partial charge in [0, 0.05) is 0 Å². The molecule has 4 rings (SSSR count). The maximum absolute atomic E-state index is 12.3. The molecule has 0 aromatic heterocycles. The van der Waals surface area contributed by atoms with Gasteiger partial charge < -0.3 is 14.2 Å². The van der Waals surface area contributed by atoms with Crippen molar-refractivity contribution in [3.8, 4) is 0 Å². The van der Waals surface area contributed by atoms with Crippen molar-refractivity contribution in [2.45, 2.75) is 64.2 Å². The Labute approximate surface area is 123 Å². The van der Waals surface area contributed by atoms with Crippen LogP contribution >= 0.6 is 0 Å². The molecule has 0 aromatic carbocycles. The minimum Gasteiger partial charge on any atom is -0.445 e. The van der Waals surface area contributed by atoms with E-state index in [1.165, 1.54) is 10.0 Å².